The molecule has 13 heavy (non-hydrogen) atoms. The Labute approximate surface area is 82.5 Å². The summed E-state index contributed by atoms with van der Waals surface area (Å²) < 4.78 is 0. The Bertz CT molecular complexity index is 99.7. The zero-order chi connectivity index (χ0) is 9.36. The molecule has 1 N–H and O–H groups in total. The molecule has 1 fully saturated rings. The van der Waals surface area contributed by atoms with Gasteiger partial charge in [0.25, 0.3) is 0 Å². The molecule has 0 amide bonds. The number of hydrogen-bond acceptors (Lipinski definition) is 1. The van der Waals surface area contributed by atoms with Crippen molar-refractivity contribution in [1.29, 1.82) is 0 Å². The Hall–Kier alpha value is -0.0400. The second kappa shape index (κ2) is 7.37. The summed E-state index contributed by atoms with van der Waals surface area (Å²) in [7, 11) is 0. The summed E-state index contributed by atoms with van der Waals surface area (Å²) in [5.74, 6) is 0.609. The van der Waals surface area contributed by atoms with Crippen LogP contribution in [0, 0.1) is 5.92 Å². The zero-order valence-electron chi connectivity index (χ0n) is 8.80. The van der Waals surface area contributed by atoms with Crippen LogP contribution in [0.3, 0.4) is 0 Å². The molecule has 1 saturated carbocycles. The predicted molar refractivity (Wildman–Crippen MR) is 56.7 cm³/mol. The van der Waals surface area contributed by atoms with Crippen molar-refractivity contribution in [3.8, 4) is 0 Å². The first-order valence-electron chi connectivity index (χ1n) is 6.04. The van der Waals surface area contributed by atoms with Crippen molar-refractivity contribution in [2.24, 2.45) is 5.92 Å². The lowest BCUT2D eigenvalue weighted by Gasteiger charge is -2.12. The van der Waals surface area contributed by atoms with E-state index in [-0.39, 0.29) is 0 Å². The van der Waals surface area contributed by atoms with Crippen molar-refractivity contribution < 1.29 is 5.11 Å². The van der Waals surface area contributed by atoms with E-state index in [1.165, 1.54) is 64.2 Å². The number of aliphatic hydroxyl groups is 1. The van der Waals surface area contributed by atoms with Crippen LogP contribution in [0.1, 0.15) is 64.2 Å². The number of aliphatic hydroxyl groups excluding tert-OH is 1. The van der Waals surface area contributed by atoms with E-state index >= 15 is 0 Å². The summed E-state index contributed by atoms with van der Waals surface area (Å²) in [6.07, 6.45) is 13.7. The molecule has 0 aromatic carbocycles. The summed E-state index contributed by atoms with van der Waals surface area (Å²) >= 11 is 0. The van der Waals surface area contributed by atoms with Crippen molar-refractivity contribution in [2.45, 2.75) is 64.2 Å². The highest BCUT2D eigenvalue weighted by Gasteiger charge is 2.07. The lowest BCUT2D eigenvalue weighted by molar-refractivity contribution is 0.205. The first kappa shape index (κ1) is 11.0. The highest BCUT2D eigenvalue weighted by atomic mass is 16.3. The van der Waals surface area contributed by atoms with Gasteiger partial charge in [-0.2, -0.15) is 0 Å². The number of rotatable bonds is 1. The Morgan fingerprint density at radius 1 is 0.692 bits per heavy atom. The van der Waals surface area contributed by atoms with Crippen LogP contribution in [0.25, 0.3) is 0 Å². The van der Waals surface area contributed by atoms with E-state index in [4.69, 9.17) is 5.11 Å². The van der Waals surface area contributed by atoms with Crippen LogP contribution in [0.15, 0.2) is 0 Å². The highest BCUT2D eigenvalue weighted by Crippen LogP contribution is 2.20. The first-order chi connectivity index (χ1) is 6.43. The molecule has 0 bridgehead atoms. The molecule has 0 aromatic rings. The molecular weight excluding hydrogens is 160 g/mol. The van der Waals surface area contributed by atoms with Gasteiger partial charge in [0, 0.05) is 6.61 Å². The maximum absolute atomic E-state index is 9.14. The predicted octanol–water partition coefficient (Wildman–Crippen LogP) is 3.51. The summed E-state index contributed by atoms with van der Waals surface area (Å²) in [5, 5.41) is 9.14. The highest BCUT2D eigenvalue weighted by molar-refractivity contribution is 4.60. The molecule has 0 atom stereocenters. The fourth-order valence-corrected chi connectivity index (χ4v) is 2.25. The molecule has 1 aliphatic carbocycles. The number of hydrogen-bond donors (Lipinski definition) is 1. The lowest BCUT2D eigenvalue weighted by atomic mass is 9.96. The van der Waals surface area contributed by atoms with Gasteiger partial charge in [-0.05, 0) is 18.8 Å². The van der Waals surface area contributed by atoms with Crippen LogP contribution in [-0.2, 0) is 0 Å². The van der Waals surface area contributed by atoms with Crippen LogP contribution in [0.2, 0.25) is 0 Å². The summed E-state index contributed by atoms with van der Waals surface area (Å²) in [4.78, 5) is 0. The van der Waals surface area contributed by atoms with Crippen molar-refractivity contribution in [2.75, 3.05) is 6.61 Å². The fraction of sp³-hybridized carbons (Fsp3) is 1.00. The van der Waals surface area contributed by atoms with Gasteiger partial charge in [0.05, 0.1) is 0 Å². The van der Waals surface area contributed by atoms with E-state index in [9.17, 15) is 0 Å². The minimum absolute atomic E-state index is 0.417. The fourth-order valence-electron chi connectivity index (χ4n) is 2.25. The van der Waals surface area contributed by atoms with Gasteiger partial charge in [0.2, 0.25) is 0 Å². The molecule has 1 aliphatic rings. The Kier molecular flexibility index (Phi) is 6.26. The molecule has 0 aromatic heterocycles. The molecule has 0 aliphatic heterocycles. The van der Waals surface area contributed by atoms with E-state index in [0.29, 0.717) is 12.5 Å². The Morgan fingerprint density at radius 3 is 1.46 bits per heavy atom. The van der Waals surface area contributed by atoms with Gasteiger partial charge in [-0.15, -0.1) is 0 Å². The third-order valence-electron chi connectivity index (χ3n) is 3.23. The normalized spacial score (nSPS) is 23.8. The average Bonchev–Trinajstić information content (AvgIpc) is 2.22. The Morgan fingerprint density at radius 2 is 1.08 bits per heavy atom. The SMILES string of the molecule is OCC1CCCCCCCCCC1. The first-order valence-corrected chi connectivity index (χ1v) is 6.04. The van der Waals surface area contributed by atoms with Crippen LogP contribution in [0.4, 0.5) is 0 Å². The van der Waals surface area contributed by atoms with E-state index in [2.05, 4.69) is 0 Å². The lowest BCUT2D eigenvalue weighted by Crippen LogP contribution is -2.05. The van der Waals surface area contributed by atoms with Gasteiger partial charge in [-0.3, -0.25) is 0 Å². The smallest absolute Gasteiger partial charge is 0.0459 e. The van der Waals surface area contributed by atoms with Gasteiger partial charge in [-0.25, -0.2) is 0 Å². The van der Waals surface area contributed by atoms with Crippen molar-refractivity contribution >= 4 is 0 Å². The molecule has 0 heterocycles. The van der Waals surface area contributed by atoms with Gasteiger partial charge >= 0.3 is 0 Å². The third-order valence-corrected chi connectivity index (χ3v) is 3.23. The van der Waals surface area contributed by atoms with E-state index in [1.54, 1.807) is 0 Å². The third kappa shape index (κ3) is 5.30. The molecular formula is C12H24O. The van der Waals surface area contributed by atoms with Crippen molar-refractivity contribution in [1.82, 2.24) is 0 Å². The van der Waals surface area contributed by atoms with E-state index in [1.807, 2.05) is 0 Å². The monoisotopic (exact) mass is 184 g/mol. The van der Waals surface area contributed by atoms with Crippen LogP contribution >= 0.6 is 0 Å². The molecule has 0 spiro atoms. The molecule has 78 valence electrons. The largest absolute Gasteiger partial charge is 0.396 e. The van der Waals surface area contributed by atoms with Crippen LogP contribution in [0.5, 0.6) is 0 Å². The maximum Gasteiger partial charge on any atom is 0.0459 e. The average molecular weight is 184 g/mol. The quantitative estimate of drug-likeness (QED) is 0.661. The maximum atomic E-state index is 9.14. The molecule has 1 rings (SSSR count). The van der Waals surface area contributed by atoms with Gasteiger partial charge in [-0.1, -0.05) is 51.4 Å². The van der Waals surface area contributed by atoms with E-state index < -0.39 is 0 Å². The van der Waals surface area contributed by atoms with E-state index in [0.717, 1.165) is 0 Å². The van der Waals surface area contributed by atoms with Crippen LogP contribution < -0.4 is 0 Å². The van der Waals surface area contributed by atoms with Crippen molar-refractivity contribution in [3.05, 3.63) is 0 Å². The molecule has 0 unspecified atom stereocenters. The standard InChI is InChI=1S/C12H24O/c13-11-12-9-7-5-3-1-2-4-6-8-10-12/h12-13H,1-11H2. The summed E-state index contributed by atoms with van der Waals surface area (Å²) in [6.45, 7) is 0.417. The summed E-state index contributed by atoms with van der Waals surface area (Å²) in [5.41, 5.74) is 0. The Balaban J connectivity index is 2.18. The minimum atomic E-state index is 0.417. The zero-order valence-corrected chi connectivity index (χ0v) is 8.80. The minimum Gasteiger partial charge on any atom is -0.396 e. The van der Waals surface area contributed by atoms with Gasteiger partial charge < -0.3 is 5.11 Å². The second-order valence-corrected chi connectivity index (χ2v) is 4.45. The van der Waals surface area contributed by atoms with Crippen molar-refractivity contribution in [3.63, 3.8) is 0 Å². The summed E-state index contributed by atoms with van der Waals surface area (Å²) in [6, 6.07) is 0. The molecule has 0 radical (unpaired) electrons. The second-order valence-electron chi connectivity index (χ2n) is 4.45. The molecule has 1 heteroatoms. The molecule has 1 nitrogen and oxygen atoms in total. The topological polar surface area (TPSA) is 20.2 Å². The molecule has 0 saturated heterocycles. The van der Waals surface area contributed by atoms with Crippen LogP contribution in [-0.4, -0.2) is 11.7 Å². The van der Waals surface area contributed by atoms with Gasteiger partial charge in [0.15, 0.2) is 0 Å². The van der Waals surface area contributed by atoms with Gasteiger partial charge in [0.1, 0.15) is 0 Å².